The van der Waals surface area contributed by atoms with Gasteiger partial charge in [0.15, 0.2) is 0 Å². The summed E-state index contributed by atoms with van der Waals surface area (Å²) in [6, 6.07) is 13.2. The second-order valence-electron chi connectivity index (χ2n) is 4.35. The Hall–Kier alpha value is -2.20. The summed E-state index contributed by atoms with van der Waals surface area (Å²) < 4.78 is 0. The Morgan fingerprint density at radius 2 is 2.00 bits per heavy atom. The lowest BCUT2D eigenvalue weighted by Gasteiger charge is -2.07. The summed E-state index contributed by atoms with van der Waals surface area (Å²) in [6.45, 7) is 2.64. The molecule has 1 aromatic carbocycles. The molecule has 98 valence electrons. The third-order valence-electron chi connectivity index (χ3n) is 2.69. The van der Waals surface area contributed by atoms with Gasteiger partial charge < -0.3 is 10.6 Å². The van der Waals surface area contributed by atoms with Gasteiger partial charge in [0.2, 0.25) is 0 Å². The highest BCUT2D eigenvalue weighted by Gasteiger charge is 2.07. The van der Waals surface area contributed by atoms with E-state index < -0.39 is 0 Å². The van der Waals surface area contributed by atoms with Gasteiger partial charge in [-0.25, -0.2) is 4.98 Å². The highest BCUT2D eigenvalue weighted by atomic mass is 16.1. The van der Waals surface area contributed by atoms with Crippen LogP contribution in [0.25, 0.3) is 0 Å². The van der Waals surface area contributed by atoms with Crippen LogP contribution in [0.15, 0.2) is 42.5 Å². The third-order valence-corrected chi connectivity index (χ3v) is 2.69. The molecule has 0 atom stereocenters. The number of amides is 1. The first kappa shape index (κ1) is 13.2. The highest BCUT2D eigenvalue weighted by molar-refractivity contribution is 6.02. The number of nitrogens with one attached hydrogen (secondary N) is 2. The first-order chi connectivity index (χ1) is 9.19. The maximum absolute atomic E-state index is 12.0. The lowest BCUT2D eigenvalue weighted by atomic mass is 10.2. The molecule has 0 aliphatic heterocycles. The molecule has 0 aliphatic carbocycles. The zero-order chi connectivity index (χ0) is 13.7. The Kier molecular flexibility index (Phi) is 4.26. The predicted octanol–water partition coefficient (Wildman–Crippen LogP) is 2.36. The number of aryl methyl sites for hydroxylation is 1. The molecule has 0 radical (unpaired) electrons. The van der Waals surface area contributed by atoms with E-state index >= 15 is 0 Å². The SMILES string of the molecule is CNCc1cccc(NC(=O)c2cccc(C)n2)c1. The molecule has 2 aromatic rings. The van der Waals surface area contributed by atoms with E-state index in [-0.39, 0.29) is 5.91 Å². The number of carbonyl (C=O) groups is 1. The van der Waals surface area contributed by atoms with E-state index in [1.54, 1.807) is 6.07 Å². The van der Waals surface area contributed by atoms with Crippen molar-refractivity contribution in [2.24, 2.45) is 0 Å². The minimum absolute atomic E-state index is 0.190. The maximum atomic E-state index is 12.0. The van der Waals surface area contributed by atoms with Gasteiger partial charge >= 0.3 is 0 Å². The number of hydrogen-bond acceptors (Lipinski definition) is 3. The number of carbonyl (C=O) groups excluding carboxylic acids is 1. The van der Waals surface area contributed by atoms with E-state index in [0.717, 1.165) is 23.5 Å². The van der Waals surface area contributed by atoms with Crippen LogP contribution < -0.4 is 10.6 Å². The molecule has 2 N–H and O–H groups in total. The smallest absolute Gasteiger partial charge is 0.274 e. The van der Waals surface area contributed by atoms with Gasteiger partial charge in [-0.3, -0.25) is 4.79 Å². The Bertz CT molecular complexity index is 581. The summed E-state index contributed by atoms with van der Waals surface area (Å²) in [6.07, 6.45) is 0. The van der Waals surface area contributed by atoms with E-state index in [4.69, 9.17) is 0 Å². The standard InChI is InChI=1S/C15H17N3O/c1-11-5-3-8-14(17-11)15(19)18-13-7-4-6-12(9-13)10-16-2/h3-9,16H,10H2,1-2H3,(H,18,19). The summed E-state index contributed by atoms with van der Waals surface area (Å²) >= 11 is 0. The molecular formula is C15H17N3O. The van der Waals surface area contributed by atoms with Crippen LogP contribution in [0.4, 0.5) is 5.69 Å². The van der Waals surface area contributed by atoms with E-state index in [1.807, 2.05) is 50.4 Å². The number of aromatic nitrogens is 1. The summed E-state index contributed by atoms with van der Waals surface area (Å²) in [7, 11) is 1.89. The van der Waals surface area contributed by atoms with E-state index in [0.29, 0.717) is 5.69 Å². The van der Waals surface area contributed by atoms with Gasteiger partial charge in [-0.15, -0.1) is 0 Å². The van der Waals surface area contributed by atoms with Crippen molar-refractivity contribution in [3.63, 3.8) is 0 Å². The van der Waals surface area contributed by atoms with Crippen molar-refractivity contribution in [1.29, 1.82) is 0 Å². The molecule has 4 heteroatoms. The van der Waals surface area contributed by atoms with Gasteiger partial charge in [0, 0.05) is 17.9 Å². The molecule has 0 bridgehead atoms. The van der Waals surface area contributed by atoms with Gasteiger partial charge in [-0.05, 0) is 43.8 Å². The monoisotopic (exact) mass is 255 g/mol. The first-order valence-electron chi connectivity index (χ1n) is 6.17. The van der Waals surface area contributed by atoms with Gasteiger partial charge in [-0.1, -0.05) is 18.2 Å². The lowest BCUT2D eigenvalue weighted by molar-refractivity contribution is 0.102. The Balaban J connectivity index is 2.12. The fourth-order valence-corrected chi connectivity index (χ4v) is 1.83. The highest BCUT2D eigenvalue weighted by Crippen LogP contribution is 2.12. The molecule has 0 unspecified atom stereocenters. The molecule has 0 saturated carbocycles. The quantitative estimate of drug-likeness (QED) is 0.881. The van der Waals surface area contributed by atoms with Crippen molar-refractivity contribution in [1.82, 2.24) is 10.3 Å². The van der Waals surface area contributed by atoms with E-state index in [1.165, 1.54) is 0 Å². The van der Waals surface area contributed by atoms with Crippen LogP contribution in [0.1, 0.15) is 21.7 Å². The van der Waals surface area contributed by atoms with Gasteiger partial charge in [-0.2, -0.15) is 0 Å². The number of rotatable bonds is 4. The second kappa shape index (κ2) is 6.11. The second-order valence-corrected chi connectivity index (χ2v) is 4.35. The number of nitrogens with zero attached hydrogens (tertiary/aromatic N) is 1. The van der Waals surface area contributed by atoms with Gasteiger partial charge in [0.05, 0.1) is 0 Å². The summed E-state index contributed by atoms with van der Waals surface area (Å²) in [4.78, 5) is 16.2. The Labute approximate surface area is 112 Å². The van der Waals surface area contributed by atoms with Crippen molar-refractivity contribution >= 4 is 11.6 Å². The molecule has 19 heavy (non-hydrogen) atoms. The number of anilines is 1. The maximum Gasteiger partial charge on any atom is 0.274 e. The fraction of sp³-hybridized carbons (Fsp3) is 0.200. The molecular weight excluding hydrogens is 238 g/mol. The molecule has 1 amide bonds. The average molecular weight is 255 g/mol. The molecule has 0 aliphatic rings. The zero-order valence-corrected chi connectivity index (χ0v) is 11.1. The van der Waals surface area contributed by atoms with E-state index in [9.17, 15) is 4.79 Å². The van der Waals surface area contributed by atoms with Crippen molar-refractivity contribution in [3.05, 3.63) is 59.4 Å². The van der Waals surface area contributed by atoms with Crippen LogP contribution in [-0.2, 0) is 6.54 Å². The Morgan fingerprint density at radius 3 is 2.74 bits per heavy atom. The van der Waals surface area contributed by atoms with Gasteiger partial charge in [0.1, 0.15) is 5.69 Å². The summed E-state index contributed by atoms with van der Waals surface area (Å²) in [5, 5.41) is 5.93. The van der Waals surface area contributed by atoms with Gasteiger partial charge in [0.25, 0.3) is 5.91 Å². The molecule has 0 fully saturated rings. The Morgan fingerprint density at radius 1 is 1.21 bits per heavy atom. The van der Waals surface area contributed by atoms with Crippen LogP contribution in [-0.4, -0.2) is 17.9 Å². The average Bonchev–Trinajstić information content (AvgIpc) is 2.39. The number of pyridine rings is 1. The van der Waals surface area contributed by atoms with Crippen molar-refractivity contribution in [2.75, 3.05) is 12.4 Å². The minimum Gasteiger partial charge on any atom is -0.321 e. The molecule has 0 saturated heterocycles. The molecule has 1 aromatic heterocycles. The third kappa shape index (κ3) is 3.63. The normalized spacial score (nSPS) is 10.2. The first-order valence-corrected chi connectivity index (χ1v) is 6.17. The van der Waals surface area contributed by atoms with Crippen molar-refractivity contribution in [3.8, 4) is 0 Å². The minimum atomic E-state index is -0.190. The zero-order valence-electron chi connectivity index (χ0n) is 11.1. The summed E-state index contributed by atoms with van der Waals surface area (Å²) in [5.41, 5.74) is 3.16. The molecule has 4 nitrogen and oxygen atoms in total. The lowest BCUT2D eigenvalue weighted by Crippen LogP contribution is -2.14. The topological polar surface area (TPSA) is 54.0 Å². The largest absolute Gasteiger partial charge is 0.321 e. The number of benzene rings is 1. The van der Waals surface area contributed by atoms with Crippen molar-refractivity contribution in [2.45, 2.75) is 13.5 Å². The van der Waals surface area contributed by atoms with Crippen LogP contribution in [0.3, 0.4) is 0 Å². The molecule has 1 heterocycles. The summed E-state index contributed by atoms with van der Waals surface area (Å²) in [5.74, 6) is -0.190. The van der Waals surface area contributed by atoms with Crippen LogP contribution in [0.2, 0.25) is 0 Å². The van der Waals surface area contributed by atoms with Crippen molar-refractivity contribution < 1.29 is 4.79 Å². The predicted molar refractivity (Wildman–Crippen MR) is 76.1 cm³/mol. The van der Waals surface area contributed by atoms with Crippen LogP contribution in [0.5, 0.6) is 0 Å². The number of hydrogen-bond donors (Lipinski definition) is 2. The van der Waals surface area contributed by atoms with Crippen LogP contribution in [0, 0.1) is 6.92 Å². The molecule has 2 rings (SSSR count). The van der Waals surface area contributed by atoms with E-state index in [2.05, 4.69) is 15.6 Å². The molecule has 0 spiro atoms. The van der Waals surface area contributed by atoms with Crippen LogP contribution >= 0.6 is 0 Å². The fourth-order valence-electron chi connectivity index (χ4n) is 1.83.